The first-order chi connectivity index (χ1) is 11.8. The van der Waals surface area contributed by atoms with Gasteiger partial charge < -0.3 is 14.2 Å². The molecule has 2 atom stereocenters. The number of ether oxygens (including phenoxy) is 1. The minimum Gasteiger partial charge on any atom is -0.374 e. The van der Waals surface area contributed by atoms with Crippen LogP contribution in [0, 0.1) is 0 Å². The standard InChI is InChI=1S/C18H25N5O/c1-21-10-7-20-18(21)14-22-8-4-16-17(5-9-22)24-12-11-23(16)15-3-2-6-19-13-15/h2-3,6-7,10,13,16-17H,4-5,8-9,11-12,14H2,1H3/t16-,17+/m0/s1. The highest BCUT2D eigenvalue weighted by Gasteiger charge is 2.35. The Bertz CT molecular complexity index is 658. The number of aryl methyl sites for hydroxylation is 1. The van der Waals surface area contributed by atoms with Gasteiger partial charge in [0.1, 0.15) is 5.82 Å². The van der Waals surface area contributed by atoms with E-state index in [0.717, 1.165) is 51.5 Å². The van der Waals surface area contributed by atoms with E-state index in [2.05, 4.69) is 37.4 Å². The third-order valence-electron chi connectivity index (χ3n) is 5.23. The van der Waals surface area contributed by atoms with Crippen molar-refractivity contribution in [2.24, 2.45) is 7.05 Å². The molecule has 0 radical (unpaired) electrons. The number of rotatable bonds is 3. The van der Waals surface area contributed by atoms with E-state index in [0.29, 0.717) is 12.1 Å². The summed E-state index contributed by atoms with van der Waals surface area (Å²) in [6.07, 6.45) is 10.2. The number of fused-ring (bicyclic) bond motifs is 1. The van der Waals surface area contributed by atoms with Crippen LogP contribution in [-0.4, -0.2) is 57.8 Å². The molecule has 0 unspecified atom stereocenters. The Morgan fingerprint density at radius 1 is 1.21 bits per heavy atom. The quantitative estimate of drug-likeness (QED) is 0.858. The third-order valence-corrected chi connectivity index (χ3v) is 5.23. The fourth-order valence-corrected chi connectivity index (χ4v) is 3.89. The van der Waals surface area contributed by atoms with Crippen LogP contribution >= 0.6 is 0 Å². The van der Waals surface area contributed by atoms with Crippen molar-refractivity contribution >= 4 is 5.69 Å². The molecule has 2 aromatic rings. The summed E-state index contributed by atoms with van der Waals surface area (Å²) < 4.78 is 8.22. The Labute approximate surface area is 143 Å². The molecule has 0 amide bonds. The largest absolute Gasteiger partial charge is 0.374 e. The molecule has 2 aromatic heterocycles. The lowest BCUT2D eigenvalue weighted by Crippen LogP contribution is -2.51. The van der Waals surface area contributed by atoms with Crippen molar-refractivity contribution in [3.63, 3.8) is 0 Å². The van der Waals surface area contributed by atoms with E-state index in [1.54, 1.807) is 0 Å². The molecular formula is C18H25N5O. The smallest absolute Gasteiger partial charge is 0.122 e. The molecule has 0 spiro atoms. The maximum Gasteiger partial charge on any atom is 0.122 e. The van der Waals surface area contributed by atoms with Crippen LogP contribution in [-0.2, 0) is 18.3 Å². The SMILES string of the molecule is Cn1ccnc1CN1CC[C@H]2OCCN(c3cccnc3)[C@H]2CC1. The van der Waals surface area contributed by atoms with E-state index in [-0.39, 0.29) is 0 Å². The minimum atomic E-state index is 0.310. The second-order valence-corrected chi connectivity index (χ2v) is 6.69. The van der Waals surface area contributed by atoms with Crippen molar-refractivity contribution in [2.75, 3.05) is 31.1 Å². The van der Waals surface area contributed by atoms with Gasteiger partial charge in [0.15, 0.2) is 0 Å². The zero-order chi connectivity index (χ0) is 16.4. The summed E-state index contributed by atoms with van der Waals surface area (Å²) in [7, 11) is 2.06. The normalized spacial score (nSPS) is 25.3. The summed E-state index contributed by atoms with van der Waals surface area (Å²) in [6.45, 7) is 4.81. The topological polar surface area (TPSA) is 46.4 Å². The first kappa shape index (κ1) is 15.6. The maximum atomic E-state index is 6.11. The summed E-state index contributed by atoms with van der Waals surface area (Å²) in [6, 6.07) is 4.62. The lowest BCUT2D eigenvalue weighted by molar-refractivity contribution is 0.00890. The average Bonchev–Trinajstić information content (AvgIpc) is 2.90. The predicted molar refractivity (Wildman–Crippen MR) is 92.8 cm³/mol. The highest BCUT2D eigenvalue weighted by atomic mass is 16.5. The second-order valence-electron chi connectivity index (χ2n) is 6.69. The maximum absolute atomic E-state index is 6.11. The number of anilines is 1. The van der Waals surface area contributed by atoms with Crippen molar-refractivity contribution in [1.29, 1.82) is 0 Å². The number of hydrogen-bond donors (Lipinski definition) is 0. The first-order valence-corrected chi connectivity index (χ1v) is 8.78. The van der Waals surface area contributed by atoms with Crippen LogP contribution in [0.5, 0.6) is 0 Å². The fraction of sp³-hybridized carbons (Fsp3) is 0.556. The number of hydrogen-bond acceptors (Lipinski definition) is 5. The molecule has 0 aliphatic carbocycles. The summed E-state index contributed by atoms with van der Waals surface area (Å²) >= 11 is 0. The van der Waals surface area contributed by atoms with Crippen molar-refractivity contribution in [3.8, 4) is 0 Å². The molecule has 2 fully saturated rings. The lowest BCUT2D eigenvalue weighted by Gasteiger charge is -2.41. The minimum absolute atomic E-state index is 0.310. The first-order valence-electron chi connectivity index (χ1n) is 8.78. The number of nitrogens with zero attached hydrogens (tertiary/aromatic N) is 5. The number of morpholine rings is 1. The van der Waals surface area contributed by atoms with Crippen LogP contribution in [0.1, 0.15) is 18.7 Å². The van der Waals surface area contributed by atoms with E-state index >= 15 is 0 Å². The number of imidazole rings is 1. The van der Waals surface area contributed by atoms with Crippen LogP contribution in [0.3, 0.4) is 0 Å². The average molecular weight is 327 g/mol. The van der Waals surface area contributed by atoms with Gasteiger partial charge in [-0.1, -0.05) is 0 Å². The molecule has 2 aliphatic rings. The Balaban J connectivity index is 1.47. The van der Waals surface area contributed by atoms with Crippen molar-refractivity contribution < 1.29 is 4.74 Å². The number of pyridine rings is 1. The van der Waals surface area contributed by atoms with E-state index < -0.39 is 0 Å². The van der Waals surface area contributed by atoms with Gasteiger partial charge in [-0.05, 0) is 25.0 Å². The summed E-state index contributed by atoms with van der Waals surface area (Å²) in [4.78, 5) is 13.8. The molecule has 2 aliphatic heterocycles. The van der Waals surface area contributed by atoms with Crippen LogP contribution in [0.25, 0.3) is 0 Å². The van der Waals surface area contributed by atoms with Crippen LogP contribution in [0.15, 0.2) is 36.9 Å². The van der Waals surface area contributed by atoms with E-state index in [1.807, 2.05) is 30.9 Å². The summed E-state index contributed by atoms with van der Waals surface area (Å²) in [5.41, 5.74) is 1.22. The molecule has 0 saturated carbocycles. The summed E-state index contributed by atoms with van der Waals surface area (Å²) in [5.74, 6) is 1.13. The highest BCUT2D eigenvalue weighted by Crippen LogP contribution is 2.28. The van der Waals surface area contributed by atoms with Crippen molar-refractivity contribution in [2.45, 2.75) is 31.5 Å². The van der Waals surface area contributed by atoms with E-state index in [4.69, 9.17) is 4.74 Å². The molecule has 6 heteroatoms. The zero-order valence-electron chi connectivity index (χ0n) is 14.2. The molecule has 24 heavy (non-hydrogen) atoms. The molecule has 0 N–H and O–H groups in total. The zero-order valence-corrected chi connectivity index (χ0v) is 14.2. The Morgan fingerprint density at radius 2 is 2.12 bits per heavy atom. The third kappa shape index (κ3) is 3.16. The van der Waals surface area contributed by atoms with Gasteiger partial charge in [0.05, 0.1) is 37.2 Å². The van der Waals surface area contributed by atoms with Gasteiger partial charge in [-0.2, -0.15) is 0 Å². The predicted octanol–water partition coefficient (Wildman–Crippen LogP) is 1.68. The van der Waals surface area contributed by atoms with Crippen molar-refractivity contribution in [1.82, 2.24) is 19.4 Å². The molecule has 2 saturated heterocycles. The van der Waals surface area contributed by atoms with Gasteiger partial charge in [0, 0.05) is 45.3 Å². The van der Waals surface area contributed by atoms with E-state index in [9.17, 15) is 0 Å². The van der Waals surface area contributed by atoms with Gasteiger partial charge >= 0.3 is 0 Å². The Hall–Kier alpha value is -1.92. The fourth-order valence-electron chi connectivity index (χ4n) is 3.89. The molecule has 6 nitrogen and oxygen atoms in total. The van der Waals surface area contributed by atoms with Crippen LogP contribution in [0.4, 0.5) is 5.69 Å². The highest BCUT2D eigenvalue weighted by molar-refractivity contribution is 5.45. The number of likely N-dealkylation sites (tertiary alicyclic amines) is 1. The van der Waals surface area contributed by atoms with Crippen LogP contribution in [0.2, 0.25) is 0 Å². The second kappa shape index (κ2) is 6.91. The molecule has 0 aromatic carbocycles. The van der Waals surface area contributed by atoms with Gasteiger partial charge in [0.2, 0.25) is 0 Å². The molecule has 4 heterocycles. The molecular weight excluding hydrogens is 302 g/mol. The summed E-state index contributed by atoms with van der Waals surface area (Å²) in [5, 5.41) is 0. The van der Waals surface area contributed by atoms with Gasteiger partial charge in [-0.3, -0.25) is 9.88 Å². The van der Waals surface area contributed by atoms with Crippen LogP contribution < -0.4 is 4.90 Å². The van der Waals surface area contributed by atoms with Crippen molar-refractivity contribution in [3.05, 3.63) is 42.7 Å². The van der Waals surface area contributed by atoms with Gasteiger partial charge in [-0.25, -0.2) is 4.98 Å². The number of aromatic nitrogens is 3. The monoisotopic (exact) mass is 327 g/mol. The lowest BCUT2D eigenvalue weighted by atomic mass is 10.0. The Kier molecular flexibility index (Phi) is 4.49. The molecule has 4 rings (SSSR count). The van der Waals surface area contributed by atoms with Gasteiger partial charge in [-0.15, -0.1) is 0 Å². The van der Waals surface area contributed by atoms with E-state index in [1.165, 1.54) is 5.69 Å². The molecule has 128 valence electrons. The van der Waals surface area contributed by atoms with Gasteiger partial charge in [0.25, 0.3) is 0 Å². The molecule has 0 bridgehead atoms. The Morgan fingerprint density at radius 3 is 2.92 bits per heavy atom.